The topological polar surface area (TPSA) is 57.7 Å². The molecule has 28 heavy (non-hydrogen) atoms. The molecule has 1 aromatic carbocycles. The maximum absolute atomic E-state index is 13.3. The second kappa shape index (κ2) is 9.07. The van der Waals surface area contributed by atoms with E-state index in [0.717, 1.165) is 15.8 Å². The lowest BCUT2D eigenvalue weighted by Crippen LogP contribution is -2.48. The van der Waals surface area contributed by atoms with Gasteiger partial charge >= 0.3 is 0 Å². The number of sulfonamides is 1. The first kappa shape index (κ1) is 21.5. The number of benzene rings is 1. The molecule has 3 rings (SSSR count). The number of piperidine rings is 1. The Hall–Kier alpha value is -1.22. The zero-order valence-electron chi connectivity index (χ0n) is 16.0. The molecular weight excluding hydrogens is 460 g/mol. The number of carbonyl (C=O) groups is 1. The molecule has 0 radical (unpaired) electrons. The monoisotopic (exact) mass is 484 g/mol. The molecule has 0 saturated carbocycles. The van der Waals surface area contributed by atoms with Crippen molar-refractivity contribution in [2.75, 3.05) is 13.1 Å². The van der Waals surface area contributed by atoms with Gasteiger partial charge in [-0.3, -0.25) is 4.79 Å². The van der Waals surface area contributed by atoms with Gasteiger partial charge in [0, 0.05) is 25.7 Å². The van der Waals surface area contributed by atoms with E-state index in [1.807, 2.05) is 49.1 Å². The Balaban J connectivity index is 1.75. The van der Waals surface area contributed by atoms with Gasteiger partial charge in [0.05, 0.1) is 9.70 Å². The molecule has 0 aliphatic carbocycles. The van der Waals surface area contributed by atoms with E-state index < -0.39 is 10.0 Å². The minimum absolute atomic E-state index is 0.0334. The van der Waals surface area contributed by atoms with Crippen LogP contribution in [0, 0.1) is 5.92 Å². The Morgan fingerprint density at radius 3 is 2.57 bits per heavy atom. The molecule has 1 atom stereocenters. The van der Waals surface area contributed by atoms with Crippen molar-refractivity contribution in [3.05, 3.63) is 51.8 Å². The zero-order chi connectivity index (χ0) is 20.3. The lowest BCUT2D eigenvalue weighted by molar-refractivity contribution is -0.139. The van der Waals surface area contributed by atoms with Gasteiger partial charge in [0.15, 0.2) is 0 Å². The van der Waals surface area contributed by atoms with E-state index in [-0.39, 0.29) is 24.4 Å². The number of hydrogen-bond acceptors (Lipinski definition) is 4. The van der Waals surface area contributed by atoms with Crippen molar-refractivity contribution >= 4 is 43.2 Å². The molecule has 1 unspecified atom stereocenters. The number of amides is 1. The molecule has 1 aliphatic heterocycles. The normalized spacial score (nSPS) is 18.4. The van der Waals surface area contributed by atoms with Crippen LogP contribution in [0.25, 0.3) is 0 Å². The number of carbonyl (C=O) groups excluding carboxylic acids is 1. The standard InChI is InChI=1S/C20H25BrN2O3S2/c1-15(2)23(13-16-7-4-3-5-8-16)20(24)17-9-6-12-22(14-17)28(25,26)19-11-10-18(21)27-19/h3-5,7-8,10-11,15,17H,6,9,12-14H2,1-2H3. The molecule has 5 nitrogen and oxygen atoms in total. The molecule has 1 amide bonds. The van der Waals surface area contributed by atoms with Crippen LogP contribution in [-0.2, 0) is 21.4 Å². The number of rotatable bonds is 6. The van der Waals surface area contributed by atoms with E-state index in [2.05, 4.69) is 15.9 Å². The summed E-state index contributed by atoms with van der Waals surface area (Å²) < 4.78 is 28.5. The molecule has 8 heteroatoms. The van der Waals surface area contributed by atoms with Gasteiger partial charge in [0.1, 0.15) is 4.21 Å². The van der Waals surface area contributed by atoms with Crippen molar-refractivity contribution in [2.45, 2.75) is 43.5 Å². The first-order chi connectivity index (χ1) is 13.3. The molecule has 1 fully saturated rings. The number of hydrogen-bond donors (Lipinski definition) is 0. The Labute approximate surface area is 179 Å². The third-order valence-corrected chi connectivity index (χ3v) is 8.93. The Kier molecular flexibility index (Phi) is 6.96. The molecule has 0 bridgehead atoms. The summed E-state index contributed by atoms with van der Waals surface area (Å²) in [5, 5.41) is 0. The highest BCUT2D eigenvalue weighted by Crippen LogP contribution is 2.31. The van der Waals surface area contributed by atoms with Gasteiger partial charge in [-0.1, -0.05) is 30.3 Å². The largest absolute Gasteiger partial charge is 0.336 e. The third kappa shape index (κ3) is 4.84. The molecule has 0 N–H and O–H groups in total. The average molecular weight is 485 g/mol. The van der Waals surface area contributed by atoms with Gasteiger partial charge in [0.25, 0.3) is 10.0 Å². The predicted molar refractivity (Wildman–Crippen MR) is 116 cm³/mol. The van der Waals surface area contributed by atoms with Crippen molar-refractivity contribution in [3.8, 4) is 0 Å². The fraction of sp³-hybridized carbons (Fsp3) is 0.450. The molecular formula is C20H25BrN2O3S2. The van der Waals surface area contributed by atoms with Crippen LogP contribution in [0.4, 0.5) is 0 Å². The highest BCUT2D eigenvalue weighted by Gasteiger charge is 2.36. The average Bonchev–Trinajstić information content (AvgIpc) is 3.13. The van der Waals surface area contributed by atoms with E-state index in [1.54, 1.807) is 12.1 Å². The van der Waals surface area contributed by atoms with Crippen LogP contribution in [0.1, 0.15) is 32.3 Å². The van der Waals surface area contributed by atoms with Crippen LogP contribution in [0.5, 0.6) is 0 Å². The summed E-state index contributed by atoms with van der Waals surface area (Å²) in [5.41, 5.74) is 1.08. The van der Waals surface area contributed by atoms with Crippen LogP contribution >= 0.6 is 27.3 Å². The van der Waals surface area contributed by atoms with E-state index in [0.29, 0.717) is 23.7 Å². The third-order valence-electron chi connectivity index (χ3n) is 4.98. The van der Waals surface area contributed by atoms with Gasteiger partial charge in [0.2, 0.25) is 5.91 Å². The number of nitrogens with zero attached hydrogens (tertiary/aromatic N) is 2. The van der Waals surface area contributed by atoms with Crippen molar-refractivity contribution in [1.82, 2.24) is 9.21 Å². The van der Waals surface area contributed by atoms with Gasteiger partial charge in [-0.05, 0) is 60.3 Å². The summed E-state index contributed by atoms with van der Waals surface area (Å²) in [4.78, 5) is 15.1. The summed E-state index contributed by atoms with van der Waals surface area (Å²) in [6.45, 7) is 5.25. The fourth-order valence-electron chi connectivity index (χ4n) is 3.46. The molecule has 1 saturated heterocycles. The van der Waals surface area contributed by atoms with E-state index >= 15 is 0 Å². The lowest BCUT2D eigenvalue weighted by atomic mass is 9.97. The number of halogens is 1. The van der Waals surface area contributed by atoms with Crippen LogP contribution < -0.4 is 0 Å². The molecule has 1 aromatic heterocycles. The maximum Gasteiger partial charge on any atom is 0.252 e. The van der Waals surface area contributed by atoms with E-state index in [9.17, 15) is 13.2 Å². The smallest absolute Gasteiger partial charge is 0.252 e. The molecule has 2 aromatic rings. The first-order valence-electron chi connectivity index (χ1n) is 9.39. The number of thiophene rings is 1. The minimum Gasteiger partial charge on any atom is -0.336 e. The van der Waals surface area contributed by atoms with Crippen molar-refractivity contribution < 1.29 is 13.2 Å². The fourth-order valence-corrected chi connectivity index (χ4v) is 7.14. The molecule has 0 spiro atoms. The second-order valence-corrected chi connectivity index (χ2v) is 11.9. The van der Waals surface area contributed by atoms with Crippen molar-refractivity contribution in [1.29, 1.82) is 0 Å². The van der Waals surface area contributed by atoms with Crippen molar-refractivity contribution in [3.63, 3.8) is 0 Å². The minimum atomic E-state index is -3.56. The van der Waals surface area contributed by atoms with Gasteiger partial charge in [-0.25, -0.2) is 8.42 Å². The summed E-state index contributed by atoms with van der Waals surface area (Å²) in [5.74, 6) is -0.274. The van der Waals surface area contributed by atoms with E-state index in [4.69, 9.17) is 0 Å². The Morgan fingerprint density at radius 1 is 1.25 bits per heavy atom. The Morgan fingerprint density at radius 2 is 1.96 bits per heavy atom. The summed E-state index contributed by atoms with van der Waals surface area (Å²) in [6.07, 6.45) is 1.41. The zero-order valence-corrected chi connectivity index (χ0v) is 19.3. The molecule has 152 valence electrons. The lowest BCUT2D eigenvalue weighted by Gasteiger charge is -2.35. The van der Waals surface area contributed by atoms with Gasteiger partial charge in [-0.2, -0.15) is 4.31 Å². The quantitative estimate of drug-likeness (QED) is 0.612. The highest BCUT2D eigenvalue weighted by molar-refractivity contribution is 9.11. The van der Waals surface area contributed by atoms with Gasteiger partial charge in [-0.15, -0.1) is 11.3 Å². The summed E-state index contributed by atoms with van der Waals surface area (Å²) >= 11 is 4.53. The van der Waals surface area contributed by atoms with Crippen LogP contribution in [0.2, 0.25) is 0 Å². The summed E-state index contributed by atoms with van der Waals surface area (Å²) in [7, 11) is -3.56. The SMILES string of the molecule is CC(C)N(Cc1ccccc1)C(=O)C1CCCN(S(=O)(=O)c2ccc(Br)s2)C1. The Bertz CT molecular complexity index is 913. The highest BCUT2D eigenvalue weighted by atomic mass is 79.9. The predicted octanol–water partition coefficient (Wildman–Crippen LogP) is 4.35. The van der Waals surface area contributed by atoms with Crippen LogP contribution in [0.3, 0.4) is 0 Å². The molecule has 2 heterocycles. The molecule has 1 aliphatic rings. The van der Waals surface area contributed by atoms with Gasteiger partial charge < -0.3 is 4.90 Å². The maximum atomic E-state index is 13.3. The van der Waals surface area contributed by atoms with Crippen LogP contribution in [-0.4, -0.2) is 42.7 Å². The van der Waals surface area contributed by atoms with Crippen LogP contribution in [0.15, 0.2) is 50.5 Å². The van der Waals surface area contributed by atoms with Crippen molar-refractivity contribution in [2.24, 2.45) is 5.92 Å². The second-order valence-electron chi connectivity index (χ2n) is 7.31. The summed E-state index contributed by atoms with van der Waals surface area (Å²) in [6, 6.07) is 13.3. The first-order valence-corrected chi connectivity index (χ1v) is 12.4. The van der Waals surface area contributed by atoms with E-state index in [1.165, 1.54) is 15.6 Å².